The van der Waals surface area contributed by atoms with E-state index in [-0.39, 0.29) is 11.9 Å². The van der Waals surface area contributed by atoms with Crippen molar-refractivity contribution in [1.29, 1.82) is 0 Å². The molecule has 0 atom stereocenters. The van der Waals surface area contributed by atoms with Crippen molar-refractivity contribution in [2.75, 3.05) is 19.3 Å². The molecule has 1 amide bonds. The van der Waals surface area contributed by atoms with Gasteiger partial charge in [0, 0.05) is 19.1 Å². The molecule has 5 nitrogen and oxygen atoms in total. The normalized spacial score (nSPS) is 15.5. The third-order valence-corrected chi connectivity index (χ3v) is 6.15. The Labute approximate surface area is 136 Å². The molecule has 1 aliphatic carbocycles. The number of nitrogens with one attached hydrogen (secondary N) is 1. The van der Waals surface area contributed by atoms with Crippen LogP contribution in [0.3, 0.4) is 0 Å². The molecule has 7 heteroatoms. The Kier molecular flexibility index (Phi) is 5.63. The molecule has 0 aromatic carbocycles. The largest absolute Gasteiger partial charge is 0.351 e. The number of sulfonamides is 1. The Bertz CT molecular complexity index is 618. The van der Waals surface area contributed by atoms with Gasteiger partial charge in [-0.15, -0.1) is 11.3 Å². The van der Waals surface area contributed by atoms with Crippen molar-refractivity contribution in [2.24, 2.45) is 0 Å². The van der Waals surface area contributed by atoms with Crippen LogP contribution in [0, 0.1) is 0 Å². The minimum absolute atomic E-state index is 0.0349. The van der Waals surface area contributed by atoms with Crippen LogP contribution in [-0.2, 0) is 10.0 Å². The van der Waals surface area contributed by atoms with Crippen molar-refractivity contribution in [2.45, 2.75) is 45.1 Å². The summed E-state index contributed by atoms with van der Waals surface area (Å²) in [5, 5.41) is 4.87. The predicted octanol–water partition coefficient (Wildman–Crippen LogP) is 2.42. The van der Waals surface area contributed by atoms with Gasteiger partial charge in [0.1, 0.15) is 0 Å². The van der Waals surface area contributed by atoms with Crippen molar-refractivity contribution in [3.63, 3.8) is 0 Å². The average Bonchev–Trinajstić information content (AvgIpc) is 3.13. The zero-order chi connectivity index (χ0) is 16.3. The number of carbonyl (C=O) groups is 1. The summed E-state index contributed by atoms with van der Waals surface area (Å²) < 4.78 is 24.8. The Morgan fingerprint density at radius 1 is 1.45 bits per heavy atom. The molecule has 1 aliphatic rings. The Hall–Kier alpha value is -0.920. The van der Waals surface area contributed by atoms with E-state index in [1.54, 1.807) is 0 Å². The van der Waals surface area contributed by atoms with Gasteiger partial charge in [-0.1, -0.05) is 0 Å². The first kappa shape index (κ1) is 17.4. The third kappa shape index (κ3) is 4.54. The lowest BCUT2D eigenvalue weighted by Crippen LogP contribution is -2.38. The first-order valence-corrected chi connectivity index (χ1v) is 10.4. The minimum atomic E-state index is -3.20. The average molecular weight is 345 g/mol. The molecule has 0 bridgehead atoms. The summed E-state index contributed by atoms with van der Waals surface area (Å²) in [6, 6.07) is 1.98. The molecule has 124 valence electrons. The highest BCUT2D eigenvalue weighted by Crippen LogP contribution is 2.43. The van der Waals surface area contributed by atoms with Gasteiger partial charge in [0.15, 0.2) is 0 Å². The molecule has 1 aromatic rings. The molecular weight excluding hydrogens is 320 g/mol. The number of carbonyl (C=O) groups excluding carboxylic acids is 1. The Balaban J connectivity index is 1.81. The maximum atomic E-state index is 12.2. The number of nitrogens with zero attached hydrogens (tertiary/aromatic N) is 1. The number of hydrogen-bond acceptors (Lipinski definition) is 4. The fraction of sp³-hybridized carbons (Fsp3) is 0.667. The van der Waals surface area contributed by atoms with Crippen LogP contribution >= 0.6 is 11.3 Å². The molecule has 0 saturated heterocycles. The number of hydrogen-bond donors (Lipinski definition) is 1. The molecule has 0 spiro atoms. The van der Waals surface area contributed by atoms with E-state index < -0.39 is 10.0 Å². The van der Waals surface area contributed by atoms with Gasteiger partial charge >= 0.3 is 0 Å². The fourth-order valence-electron chi connectivity index (χ4n) is 2.54. The van der Waals surface area contributed by atoms with Crippen LogP contribution in [0.1, 0.15) is 54.3 Å². The van der Waals surface area contributed by atoms with Gasteiger partial charge in [-0.05, 0) is 56.0 Å². The number of amides is 1. The van der Waals surface area contributed by atoms with E-state index in [1.807, 2.05) is 25.3 Å². The lowest BCUT2D eigenvalue weighted by Gasteiger charge is -2.23. The summed E-state index contributed by atoms with van der Waals surface area (Å²) >= 11 is 1.48. The minimum Gasteiger partial charge on any atom is -0.351 e. The van der Waals surface area contributed by atoms with E-state index in [9.17, 15) is 13.2 Å². The molecular formula is C15H24N2O3S2. The second kappa shape index (κ2) is 7.10. The monoisotopic (exact) mass is 344 g/mol. The van der Waals surface area contributed by atoms with E-state index in [0.717, 1.165) is 4.88 Å². The second-order valence-corrected chi connectivity index (χ2v) is 8.91. The zero-order valence-corrected chi connectivity index (χ0v) is 15.0. The SMILES string of the molecule is CC(C)N(CCCNC(=O)c1sccc1C1CC1)S(C)(=O)=O. The summed E-state index contributed by atoms with van der Waals surface area (Å²) in [5.41, 5.74) is 1.17. The maximum absolute atomic E-state index is 12.2. The standard InChI is InChI=1S/C15H24N2O3S2/c1-11(2)17(22(3,19)20)9-4-8-16-15(18)14-13(7-10-21-14)12-5-6-12/h7,10-12H,4-6,8-9H2,1-3H3,(H,16,18). The highest BCUT2D eigenvalue weighted by molar-refractivity contribution is 7.88. The van der Waals surface area contributed by atoms with Crippen molar-refractivity contribution in [1.82, 2.24) is 9.62 Å². The van der Waals surface area contributed by atoms with E-state index in [2.05, 4.69) is 5.32 Å². The summed E-state index contributed by atoms with van der Waals surface area (Å²) in [4.78, 5) is 13.0. The maximum Gasteiger partial charge on any atom is 0.261 e. The van der Waals surface area contributed by atoms with Crippen molar-refractivity contribution in [3.8, 4) is 0 Å². The van der Waals surface area contributed by atoms with Gasteiger partial charge in [-0.3, -0.25) is 4.79 Å². The molecule has 1 fully saturated rings. The van der Waals surface area contributed by atoms with Crippen LogP contribution in [0.25, 0.3) is 0 Å². The third-order valence-electron chi connectivity index (χ3n) is 3.76. The Morgan fingerprint density at radius 2 is 2.14 bits per heavy atom. The molecule has 0 unspecified atom stereocenters. The highest BCUT2D eigenvalue weighted by atomic mass is 32.2. The van der Waals surface area contributed by atoms with Gasteiger partial charge < -0.3 is 5.32 Å². The molecule has 22 heavy (non-hydrogen) atoms. The molecule has 1 saturated carbocycles. The second-order valence-electron chi connectivity index (χ2n) is 6.06. The van der Waals surface area contributed by atoms with Crippen LogP contribution in [0.4, 0.5) is 0 Å². The molecule has 0 radical (unpaired) electrons. The van der Waals surface area contributed by atoms with Crippen molar-refractivity contribution in [3.05, 3.63) is 21.9 Å². The lowest BCUT2D eigenvalue weighted by atomic mass is 10.1. The van der Waals surface area contributed by atoms with Gasteiger partial charge in [-0.2, -0.15) is 4.31 Å². The first-order chi connectivity index (χ1) is 10.3. The van der Waals surface area contributed by atoms with E-state index in [4.69, 9.17) is 0 Å². The molecule has 1 N–H and O–H groups in total. The predicted molar refractivity (Wildman–Crippen MR) is 89.9 cm³/mol. The van der Waals surface area contributed by atoms with Crippen LogP contribution in [0.2, 0.25) is 0 Å². The lowest BCUT2D eigenvalue weighted by molar-refractivity contribution is 0.0956. The zero-order valence-electron chi connectivity index (χ0n) is 13.3. The van der Waals surface area contributed by atoms with E-state index in [1.165, 1.54) is 40.3 Å². The van der Waals surface area contributed by atoms with E-state index in [0.29, 0.717) is 25.4 Å². The highest BCUT2D eigenvalue weighted by Gasteiger charge is 2.28. The van der Waals surface area contributed by atoms with Crippen LogP contribution < -0.4 is 5.32 Å². The van der Waals surface area contributed by atoms with Crippen molar-refractivity contribution < 1.29 is 13.2 Å². The summed E-state index contributed by atoms with van der Waals surface area (Å²) in [5.74, 6) is 0.529. The smallest absolute Gasteiger partial charge is 0.261 e. The van der Waals surface area contributed by atoms with Crippen LogP contribution in [0.15, 0.2) is 11.4 Å². The first-order valence-electron chi connectivity index (χ1n) is 7.63. The molecule has 1 aromatic heterocycles. The summed E-state index contributed by atoms with van der Waals surface area (Å²) in [6.45, 7) is 4.62. The number of thiophene rings is 1. The van der Waals surface area contributed by atoms with Gasteiger partial charge in [0.05, 0.1) is 11.1 Å². The summed E-state index contributed by atoms with van der Waals surface area (Å²) in [6.07, 6.45) is 4.18. The van der Waals surface area contributed by atoms with Crippen LogP contribution in [0.5, 0.6) is 0 Å². The number of rotatable bonds is 8. The quantitative estimate of drug-likeness (QED) is 0.737. The van der Waals surface area contributed by atoms with Gasteiger partial charge in [-0.25, -0.2) is 8.42 Å². The molecule has 1 heterocycles. The van der Waals surface area contributed by atoms with Crippen LogP contribution in [-0.4, -0.2) is 44.0 Å². The molecule has 2 rings (SSSR count). The van der Waals surface area contributed by atoms with Crippen molar-refractivity contribution >= 4 is 27.3 Å². The van der Waals surface area contributed by atoms with Gasteiger partial charge in [0.2, 0.25) is 10.0 Å². The van der Waals surface area contributed by atoms with E-state index >= 15 is 0 Å². The fourth-order valence-corrected chi connectivity index (χ4v) is 4.67. The Morgan fingerprint density at radius 3 is 2.68 bits per heavy atom. The summed E-state index contributed by atoms with van der Waals surface area (Å²) in [7, 11) is -3.20. The topological polar surface area (TPSA) is 66.5 Å². The molecule has 0 aliphatic heterocycles. The van der Waals surface area contributed by atoms with Gasteiger partial charge in [0.25, 0.3) is 5.91 Å².